The van der Waals surface area contributed by atoms with Gasteiger partial charge in [-0.3, -0.25) is 9.59 Å². The number of rotatable bonds is 7. The number of anilines is 1. The second-order valence-corrected chi connectivity index (χ2v) is 6.75. The maximum absolute atomic E-state index is 12.7. The Bertz CT molecular complexity index is 1020. The molecular formula is C22H23N3O6. The van der Waals surface area contributed by atoms with Crippen molar-refractivity contribution >= 4 is 29.6 Å². The number of nitrogens with zero attached hydrogens (tertiary/aromatic N) is 1. The molecule has 0 saturated carbocycles. The monoisotopic (exact) mass is 425 g/mol. The number of benzene rings is 2. The molecule has 4 amide bonds. The molecule has 9 nitrogen and oxygen atoms in total. The zero-order chi connectivity index (χ0) is 22.5. The van der Waals surface area contributed by atoms with Gasteiger partial charge in [-0.15, -0.1) is 0 Å². The van der Waals surface area contributed by atoms with Gasteiger partial charge < -0.3 is 24.8 Å². The first kappa shape index (κ1) is 21.7. The zero-order valence-electron chi connectivity index (χ0n) is 17.6. The third-order valence-electron chi connectivity index (χ3n) is 4.60. The molecular weight excluding hydrogens is 402 g/mol. The van der Waals surface area contributed by atoms with Gasteiger partial charge in [0.1, 0.15) is 12.2 Å². The third-order valence-corrected chi connectivity index (χ3v) is 4.60. The van der Waals surface area contributed by atoms with Crippen LogP contribution in [0.2, 0.25) is 0 Å². The molecule has 2 N–H and O–H groups in total. The maximum Gasteiger partial charge on any atom is 0.329 e. The minimum Gasteiger partial charge on any atom is -0.493 e. The van der Waals surface area contributed by atoms with E-state index in [-0.39, 0.29) is 5.70 Å². The zero-order valence-corrected chi connectivity index (χ0v) is 17.6. The Kier molecular flexibility index (Phi) is 6.44. The van der Waals surface area contributed by atoms with E-state index >= 15 is 0 Å². The van der Waals surface area contributed by atoms with Gasteiger partial charge >= 0.3 is 6.03 Å². The van der Waals surface area contributed by atoms with Crippen molar-refractivity contribution < 1.29 is 28.6 Å². The van der Waals surface area contributed by atoms with Crippen molar-refractivity contribution in [2.24, 2.45) is 0 Å². The van der Waals surface area contributed by atoms with Crippen LogP contribution in [0.25, 0.3) is 6.08 Å². The summed E-state index contributed by atoms with van der Waals surface area (Å²) in [6.07, 6.45) is 1.47. The Labute approximate surface area is 179 Å². The van der Waals surface area contributed by atoms with E-state index in [1.54, 1.807) is 24.3 Å². The molecule has 0 aromatic heterocycles. The Morgan fingerprint density at radius 3 is 2.19 bits per heavy atom. The van der Waals surface area contributed by atoms with Crippen LogP contribution < -0.4 is 24.8 Å². The molecule has 0 unspecified atom stereocenters. The minimum absolute atomic E-state index is 0.0300. The van der Waals surface area contributed by atoms with Gasteiger partial charge in [-0.05, 0) is 42.8 Å². The summed E-state index contributed by atoms with van der Waals surface area (Å²) in [7, 11) is 4.44. The second-order valence-electron chi connectivity index (χ2n) is 6.75. The Hall–Kier alpha value is -4.01. The lowest BCUT2D eigenvalue weighted by molar-refractivity contribution is -0.127. The number of nitrogens with one attached hydrogen (secondary N) is 2. The van der Waals surface area contributed by atoms with Gasteiger partial charge in [-0.1, -0.05) is 17.7 Å². The molecule has 0 aliphatic carbocycles. The number of hydrogen-bond donors (Lipinski definition) is 2. The molecule has 1 aliphatic heterocycles. The van der Waals surface area contributed by atoms with Crippen LogP contribution in [0.15, 0.2) is 42.1 Å². The van der Waals surface area contributed by atoms with Gasteiger partial charge in [-0.2, -0.15) is 0 Å². The van der Waals surface area contributed by atoms with Gasteiger partial charge in [0.25, 0.3) is 5.91 Å². The first-order chi connectivity index (χ1) is 14.9. The average molecular weight is 425 g/mol. The van der Waals surface area contributed by atoms with Crippen molar-refractivity contribution in [1.29, 1.82) is 0 Å². The van der Waals surface area contributed by atoms with Gasteiger partial charge in [0.05, 0.1) is 21.3 Å². The maximum atomic E-state index is 12.7. The van der Waals surface area contributed by atoms with Gasteiger partial charge in [0.15, 0.2) is 11.5 Å². The summed E-state index contributed by atoms with van der Waals surface area (Å²) in [5.41, 5.74) is 2.20. The van der Waals surface area contributed by atoms with E-state index in [4.69, 9.17) is 14.2 Å². The van der Waals surface area contributed by atoms with Crippen LogP contribution in [0.3, 0.4) is 0 Å². The number of imide groups is 1. The van der Waals surface area contributed by atoms with Crippen molar-refractivity contribution in [3.05, 3.63) is 53.2 Å². The molecule has 1 heterocycles. The summed E-state index contributed by atoms with van der Waals surface area (Å²) in [6.45, 7) is 1.52. The number of methoxy groups -OCH3 is 3. The van der Waals surface area contributed by atoms with Crippen LogP contribution in [0.1, 0.15) is 11.1 Å². The molecule has 162 valence electrons. The van der Waals surface area contributed by atoms with Crippen molar-refractivity contribution in [2.75, 3.05) is 33.2 Å². The van der Waals surface area contributed by atoms with E-state index in [0.29, 0.717) is 28.5 Å². The molecule has 9 heteroatoms. The normalized spacial score (nSPS) is 14.5. The van der Waals surface area contributed by atoms with Crippen LogP contribution in [-0.2, 0) is 9.59 Å². The highest BCUT2D eigenvalue weighted by Gasteiger charge is 2.35. The molecule has 0 spiro atoms. The van der Waals surface area contributed by atoms with Crippen LogP contribution in [0.5, 0.6) is 17.2 Å². The van der Waals surface area contributed by atoms with E-state index in [1.165, 1.54) is 27.4 Å². The van der Waals surface area contributed by atoms with E-state index in [0.717, 1.165) is 10.5 Å². The van der Waals surface area contributed by atoms with Gasteiger partial charge in [0.2, 0.25) is 11.7 Å². The number of carbonyl (C=O) groups excluding carboxylic acids is 3. The average Bonchev–Trinajstić information content (AvgIpc) is 3.01. The van der Waals surface area contributed by atoms with E-state index in [1.807, 2.05) is 19.1 Å². The lowest BCUT2D eigenvalue weighted by Crippen LogP contribution is -2.38. The van der Waals surface area contributed by atoms with Crippen LogP contribution in [-0.4, -0.2) is 50.6 Å². The first-order valence-electron chi connectivity index (χ1n) is 9.37. The van der Waals surface area contributed by atoms with Crippen LogP contribution in [0, 0.1) is 6.92 Å². The highest BCUT2D eigenvalue weighted by molar-refractivity contribution is 6.16. The Morgan fingerprint density at radius 2 is 1.65 bits per heavy atom. The fourth-order valence-corrected chi connectivity index (χ4v) is 3.05. The highest BCUT2D eigenvalue weighted by atomic mass is 16.5. The fraction of sp³-hybridized carbons (Fsp3) is 0.227. The first-order valence-corrected chi connectivity index (χ1v) is 9.37. The second kappa shape index (κ2) is 9.21. The molecule has 1 aliphatic rings. The molecule has 3 rings (SSSR count). The number of hydrogen-bond acceptors (Lipinski definition) is 6. The summed E-state index contributed by atoms with van der Waals surface area (Å²) < 4.78 is 15.9. The number of carbonyl (C=O) groups is 3. The quantitative estimate of drug-likeness (QED) is 0.522. The Balaban J connectivity index is 1.77. The molecule has 0 radical (unpaired) electrons. The van der Waals surface area contributed by atoms with E-state index in [2.05, 4.69) is 10.6 Å². The topological polar surface area (TPSA) is 106 Å². The highest BCUT2D eigenvalue weighted by Crippen LogP contribution is 2.38. The predicted octanol–water partition coefficient (Wildman–Crippen LogP) is 2.55. The number of urea groups is 1. The molecule has 31 heavy (non-hydrogen) atoms. The fourth-order valence-electron chi connectivity index (χ4n) is 3.05. The predicted molar refractivity (Wildman–Crippen MR) is 114 cm³/mol. The number of ether oxygens (including phenoxy) is 3. The smallest absolute Gasteiger partial charge is 0.329 e. The summed E-state index contributed by atoms with van der Waals surface area (Å²) in [5, 5.41) is 5.15. The molecule has 1 fully saturated rings. The summed E-state index contributed by atoms with van der Waals surface area (Å²) in [6, 6.07) is 9.79. The summed E-state index contributed by atoms with van der Waals surface area (Å²) in [4.78, 5) is 38.1. The summed E-state index contributed by atoms with van der Waals surface area (Å²) >= 11 is 0. The molecule has 0 bridgehead atoms. The lowest BCUT2D eigenvalue weighted by Gasteiger charge is -2.13. The Morgan fingerprint density at radius 1 is 1.03 bits per heavy atom. The number of aryl methyl sites for hydroxylation is 1. The minimum atomic E-state index is -0.678. The van der Waals surface area contributed by atoms with Crippen molar-refractivity contribution in [3.63, 3.8) is 0 Å². The molecule has 2 aromatic carbocycles. The standard InChI is InChI=1S/C22H23N3O6/c1-13-5-7-15(8-6-13)23-19(26)12-25-21(27)16(24-22(25)28)9-14-10-17(29-2)20(31-4)18(11-14)30-3/h5-11H,12H2,1-4H3,(H,23,26)(H,24,28)/b16-9-. The lowest BCUT2D eigenvalue weighted by atomic mass is 10.1. The van der Waals surface area contributed by atoms with Gasteiger partial charge in [-0.25, -0.2) is 9.69 Å². The SMILES string of the molecule is COc1cc(/C=C2\NC(=O)N(CC(=O)Nc3ccc(C)cc3)C2=O)cc(OC)c1OC. The van der Waals surface area contributed by atoms with Crippen molar-refractivity contribution in [3.8, 4) is 17.2 Å². The van der Waals surface area contributed by atoms with Crippen LogP contribution in [0.4, 0.5) is 10.5 Å². The molecule has 2 aromatic rings. The van der Waals surface area contributed by atoms with Crippen LogP contribution >= 0.6 is 0 Å². The molecule has 1 saturated heterocycles. The number of amides is 4. The summed E-state index contributed by atoms with van der Waals surface area (Å²) in [5.74, 6) is 0.113. The van der Waals surface area contributed by atoms with Crippen molar-refractivity contribution in [2.45, 2.75) is 6.92 Å². The molecule has 0 atom stereocenters. The van der Waals surface area contributed by atoms with E-state index < -0.39 is 24.4 Å². The van der Waals surface area contributed by atoms with Crippen molar-refractivity contribution in [1.82, 2.24) is 10.2 Å². The third kappa shape index (κ3) is 4.77. The largest absolute Gasteiger partial charge is 0.493 e. The van der Waals surface area contributed by atoms with E-state index in [9.17, 15) is 14.4 Å². The van der Waals surface area contributed by atoms with Gasteiger partial charge in [0, 0.05) is 5.69 Å².